The fraction of sp³-hybridized carbons (Fsp3) is 0.158. The van der Waals surface area contributed by atoms with Crippen molar-refractivity contribution in [1.29, 1.82) is 0 Å². The maximum atomic E-state index is 12.5. The highest BCUT2D eigenvalue weighted by atomic mass is 32.2. The molecule has 0 spiro atoms. The van der Waals surface area contributed by atoms with Gasteiger partial charge in [0.1, 0.15) is 17.8 Å². The molecule has 26 heavy (non-hydrogen) atoms. The molecule has 1 amide bonds. The summed E-state index contributed by atoms with van der Waals surface area (Å²) in [5.74, 6) is -1.30. The lowest BCUT2D eigenvalue weighted by Crippen LogP contribution is -2.42. The summed E-state index contributed by atoms with van der Waals surface area (Å²) < 4.78 is 5.46. The van der Waals surface area contributed by atoms with Crippen LogP contribution in [0.15, 0.2) is 59.6 Å². The van der Waals surface area contributed by atoms with Crippen molar-refractivity contribution >= 4 is 23.8 Å². The van der Waals surface area contributed by atoms with Crippen molar-refractivity contribution in [2.45, 2.75) is 11.4 Å². The molecule has 7 heteroatoms. The topological polar surface area (TPSA) is 92.9 Å². The first-order chi connectivity index (χ1) is 12.6. The van der Waals surface area contributed by atoms with E-state index < -0.39 is 17.6 Å². The van der Waals surface area contributed by atoms with E-state index in [1.165, 1.54) is 5.41 Å². The number of rotatable bonds is 3. The van der Waals surface area contributed by atoms with E-state index in [0.29, 0.717) is 0 Å². The SMILES string of the molecule is NC1SC=C(C(=O)O)N1C(=O)OCC1c2ccccc2-c2ccccc21. The molecule has 0 radical (unpaired) electrons. The van der Waals surface area contributed by atoms with Gasteiger partial charge in [-0.1, -0.05) is 60.3 Å². The van der Waals surface area contributed by atoms with E-state index >= 15 is 0 Å². The Morgan fingerprint density at radius 3 is 2.23 bits per heavy atom. The molecule has 0 bridgehead atoms. The number of hydrogen-bond donors (Lipinski definition) is 2. The van der Waals surface area contributed by atoms with Crippen molar-refractivity contribution in [2.24, 2.45) is 5.73 Å². The molecule has 0 saturated heterocycles. The van der Waals surface area contributed by atoms with E-state index in [1.54, 1.807) is 0 Å². The van der Waals surface area contributed by atoms with Crippen LogP contribution in [0.1, 0.15) is 17.0 Å². The molecule has 1 unspecified atom stereocenters. The second-order valence-corrected chi connectivity index (χ2v) is 7.00. The zero-order chi connectivity index (χ0) is 18.3. The number of thioether (sulfide) groups is 1. The summed E-state index contributed by atoms with van der Waals surface area (Å²) in [4.78, 5) is 24.7. The number of aliphatic carboxylic acids is 1. The molecule has 2 aliphatic rings. The second-order valence-electron chi connectivity index (χ2n) is 6.01. The van der Waals surface area contributed by atoms with Gasteiger partial charge in [0.2, 0.25) is 0 Å². The van der Waals surface area contributed by atoms with Crippen molar-refractivity contribution in [2.75, 3.05) is 6.61 Å². The number of fused-ring (bicyclic) bond motifs is 3. The highest BCUT2D eigenvalue weighted by Crippen LogP contribution is 2.44. The van der Waals surface area contributed by atoms with Gasteiger partial charge in [0.05, 0.1) is 0 Å². The summed E-state index contributed by atoms with van der Waals surface area (Å²) in [6.45, 7) is 0.119. The molecule has 1 heterocycles. The Bertz CT molecular complexity index is 882. The lowest BCUT2D eigenvalue weighted by molar-refractivity contribution is -0.134. The third-order valence-electron chi connectivity index (χ3n) is 4.58. The Morgan fingerprint density at radius 2 is 1.65 bits per heavy atom. The first kappa shape index (κ1) is 16.7. The summed E-state index contributed by atoms with van der Waals surface area (Å²) in [5.41, 5.74) is 9.30. The van der Waals surface area contributed by atoms with Crippen LogP contribution < -0.4 is 5.73 Å². The molecule has 1 aliphatic heterocycles. The molecular weight excluding hydrogens is 352 g/mol. The van der Waals surface area contributed by atoms with Crippen LogP contribution in [0.5, 0.6) is 0 Å². The third kappa shape index (κ3) is 2.65. The predicted octanol–water partition coefficient (Wildman–Crippen LogP) is 3.15. The van der Waals surface area contributed by atoms with Gasteiger partial charge in [0.25, 0.3) is 0 Å². The normalized spacial score (nSPS) is 18.3. The van der Waals surface area contributed by atoms with E-state index in [2.05, 4.69) is 0 Å². The summed E-state index contributed by atoms with van der Waals surface area (Å²) in [7, 11) is 0. The highest BCUT2D eigenvalue weighted by molar-refractivity contribution is 8.02. The summed E-state index contributed by atoms with van der Waals surface area (Å²) >= 11 is 1.07. The number of nitrogens with zero attached hydrogens (tertiary/aromatic N) is 1. The molecule has 132 valence electrons. The number of nitrogens with two attached hydrogens (primary N) is 1. The molecule has 6 nitrogen and oxygen atoms in total. The molecule has 0 fully saturated rings. The standard InChI is InChI=1S/C19H16N2O4S/c20-18-21(16(10-26-18)17(22)23)19(24)25-9-15-13-7-3-1-5-11(13)12-6-2-4-8-14(12)15/h1-8,10,15,18H,9,20H2,(H,22,23). The first-order valence-electron chi connectivity index (χ1n) is 8.06. The molecule has 3 N–H and O–H groups in total. The van der Waals surface area contributed by atoms with E-state index in [9.17, 15) is 14.7 Å². The van der Waals surface area contributed by atoms with Crippen molar-refractivity contribution in [3.05, 3.63) is 70.8 Å². The largest absolute Gasteiger partial charge is 0.477 e. The van der Waals surface area contributed by atoms with Crippen LogP contribution in [0.25, 0.3) is 11.1 Å². The number of hydrogen-bond acceptors (Lipinski definition) is 5. The Balaban J connectivity index is 1.56. The zero-order valence-corrected chi connectivity index (χ0v) is 14.5. The van der Waals surface area contributed by atoms with Crippen molar-refractivity contribution in [1.82, 2.24) is 4.90 Å². The molecule has 0 saturated carbocycles. The van der Waals surface area contributed by atoms with Gasteiger partial charge >= 0.3 is 12.1 Å². The minimum atomic E-state index is -1.21. The van der Waals surface area contributed by atoms with Crippen LogP contribution in [0.2, 0.25) is 0 Å². The maximum absolute atomic E-state index is 12.5. The molecule has 0 aromatic heterocycles. The molecule has 1 atom stereocenters. The monoisotopic (exact) mass is 368 g/mol. The quantitative estimate of drug-likeness (QED) is 0.864. The van der Waals surface area contributed by atoms with Gasteiger partial charge in [0, 0.05) is 11.3 Å². The second kappa shape index (κ2) is 6.51. The molecule has 2 aromatic rings. The lowest BCUT2D eigenvalue weighted by Gasteiger charge is -2.23. The number of carbonyl (C=O) groups is 2. The van der Waals surface area contributed by atoms with E-state index in [4.69, 9.17) is 10.5 Å². The average Bonchev–Trinajstić information content (AvgIpc) is 3.18. The average molecular weight is 368 g/mol. The predicted molar refractivity (Wildman–Crippen MR) is 98.2 cm³/mol. The first-order valence-corrected chi connectivity index (χ1v) is 9.01. The summed E-state index contributed by atoms with van der Waals surface area (Å²) in [6, 6.07) is 16.0. The van der Waals surface area contributed by atoms with Gasteiger partial charge in [-0.2, -0.15) is 0 Å². The Labute approximate surface area is 154 Å². The van der Waals surface area contributed by atoms with Crippen LogP contribution in [0.4, 0.5) is 4.79 Å². The minimum Gasteiger partial charge on any atom is -0.477 e. The molecule has 1 aliphatic carbocycles. The number of amides is 1. The summed E-state index contributed by atoms with van der Waals surface area (Å²) in [6.07, 6.45) is -0.752. The van der Waals surface area contributed by atoms with Crippen LogP contribution in [-0.4, -0.2) is 34.2 Å². The zero-order valence-electron chi connectivity index (χ0n) is 13.7. The van der Waals surface area contributed by atoms with Gasteiger partial charge in [-0.15, -0.1) is 0 Å². The van der Waals surface area contributed by atoms with Crippen LogP contribution in [0.3, 0.4) is 0 Å². The fourth-order valence-electron chi connectivity index (χ4n) is 3.41. The number of benzene rings is 2. The van der Waals surface area contributed by atoms with E-state index in [1.807, 2.05) is 48.5 Å². The van der Waals surface area contributed by atoms with Crippen molar-refractivity contribution in [3.63, 3.8) is 0 Å². The van der Waals surface area contributed by atoms with Crippen molar-refractivity contribution in [3.8, 4) is 11.1 Å². The fourth-order valence-corrected chi connectivity index (χ4v) is 4.21. The lowest BCUT2D eigenvalue weighted by atomic mass is 9.98. The number of carbonyl (C=O) groups excluding carboxylic acids is 1. The number of ether oxygens (including phenoxy) is 1. The van der Waals surface area contributed by atoms with Crippen LogP contribution in [-0.2, 0) is 9.53 Å². The van der Waals surface area contributed by atoms with Crippen LogP contribution >= 0.6 is 11.8 Å². The van der Waals surface area contributed by atoms with E-state index in [-0.39, 0.29) is 18.2 Å². The number of carboxylic acid groups (broad SMARTS) is 1. The Hall–Kier alpha value is -2.77. The highest BCUT2D eigenvalue weighted by Gasteiger charge is 2.36. The van der Waals surface area contributed by atoms with Crippen LogP contribution in [0, 0.1) is 0 Å². The van der Waals surface area contributed by atoms with Crippen molar-refractivity contribution < 1.29 is 19.4 Å². The molecule has 2 aromatic carbocycles. The van der Waals surface area contributed by atoms with Gasteiger partial charge in [-0.25, -0.2) is 14.5 Å². The van der Waals surface area contributed by atoms with Gasteiger partial charge in [0.15, 0.2) is 0 Å². The Morgan fingerprint density at radius 1 is 1.08 bits per heavy atom. The van der Waals surface area contributed by atoms with Gasteiger partial charge in [-0.05, 0) is 22.3 Å². The Kier molecular flexibility index (Phi) is 4.18. The molecule has 4 rings (SSSR count). The van der Waals surface area contributed by atoms with Gasteiger partial charge < -0.3 is 15.6 Å². The number of carboxylic acids is 1. The smallest absolute Gasteiger partial charge is 0.416 e. The van der Waals surface area contributed by atoms with Gasteiger partial charge in [-0.3, -0.25) is 0 Å². The third-order valence-corrected chi connectivity index (χ3v) is 5.43. The molecular formula is C19H16N2O4S. The maximum Gasteiger partial charge on any atom is 0.416 e. The van der Waals surface area contributed by atoms with E-state index in [0.717, 1.165) is 38.9 Å². The minimum absolute atomic E-state index is 0.0879. The summed E-state index contributed by atoms with van der Waals surface area (Å²) in [5, 5.41) is 10.6.